The standard InChI is InChI=1S/C7H5ClF6O2/c8-4(16)3-5(1-2-15,6(9,10)11)7(12,13)14/h2H,1,3H2. The summed E-state index contributed by atoms with van der Waals surface area (Å²) in [6, 6.07) is 0. The minimum absolute atomic E-state index is 0.541. The van der Waals surface area contributed by atoms with Gasteiger partial charge in [-0.05, 0) is 11.6 Å². The molecule has 0 fully saturated rings. The fourth-order valence-corrected chi connectivity index (χ4v) is 1.27. The first-order chi connectivity index (χ1) is 6.98. The predicted molar refractivity (Wildman–Crippen MR) is 40.7 cm³/mol. The normalized spacial score (nSPS) is 13.7. The summed E-state index contributed by atoms with van der Waals surface area (Å²) >= 11 is 4.56. The molecule has 0 bridgehead atoms. The van der Waals surface area contributed by atoms with E-state index in [1.165, 1.54) is 0 Å². The Morgan fingerprint density at radius 3 is 1.62 bits per heavy atom. The van der Waals surface area contributed by atoms with Crippen molar-refractivity contribution in [1.29, 1.82) is 0 Å². The van der Waals surface area contributed by atoms with Gasteiger partial charge < -0.3 is 4.79 Å². The zero-order valence-electron chi connectivity index (χ0n) is 7.45. The van der Waals surface area contributed by atoms with E-state index < -0.39 is 42.1 Å². The monoisotopic (exact) mass is 270 g/mol. The van der Waals surface area contributed by atoms with E-state index in [0.717, 1.165) is 0 Å². The summed E-state index contributed by atoms with van der Waals surface area (Å²) in [5, 5.41) is -1.81. The second-order valence-corrected chi connectivity index (χ2v) is 3.40. The number of hydrogen-bond donors (Lipinski definition) is 0. The van der Waals surface area contributed by atoms with E-state index >= 15 is 0 Å². The first kappa shape index (κ1) is 15.2. The van der Waals surface area contributed by atoms with Crippen LogP contribution in [0.25, 0.3) is 0 Å². The van der Waals surface area contributed by atoms with Gasteiger partial charge in [0.25, 0.3) is 0 Å². The number of halogens is 7. The second kappa shape index (κ2) is 4.60. The van der Waals surface area contributed by atoms with Crippen molar-refractivity contribution in [2.24, 2.45) is 5.41 Å². The van der Waals surface area contributed by atoms with Crippen LogP contribution in [0.1, 0.15) is 12.8 Å². The van der Waals surface area contributed by atoms with Crippen LogP contribution in [-0.2, 0) is 9.59 Å². The number of alkyl halides is 6. The van der Waals surface area contributed by atoms with Crippen LogP contribution in [0, 0.1) is 5.41 Å². The summed E-state index contributed by atoms with van der Waals surface area (Å²) in [7, 11) is 0. The lowest BCUT2D eigenvalue weighted by Gasteiger charge is -2.34. The summed E-state index contributed by atoms with van der Waals surface area (Å²) in [6.45, 7) is 0. The lowest BCUT2D eigenvalue weighted by atomic mass is 9.80. The number of rotatable bonds is 4. The number of aldehydes is 1. The minimum atomic E-state index is -5.78. The Balaban J connectivity index is 5.58. The molecule has 0 amide bonds. The average molecular weight is 271 g/mol. The Kier molecular flexibility index (Phi) is 4.38. The van der Waals surface area contributed by atoms with Crippen molar-refractivity contribution < 1.29 is 35.9 Å². The Morgan fingerprint density at radius 2 is 1.44 bits per heavy atom. The van der Waals surface area contributed by atoms with E-state index in [1.807, 2.05) is 0 Å². The first-order valence-corrected chi connectivity index (χ1v) is 4.11. The molecule has 94 valence electrons. The molecule has 0 saturated heterocycles. The summed E-state index contributed by atoms with van der Waals surface area (Å²) in [4.78, 5) is 20.2. The van der Waals surface area contributed by atoms with Crippen molar-refractivity contribution in [3.63, 3.8) is 0 Å². The molecule has 0 N–H and O–H groups in total. The van der Waals surface area contributed by atoms with E-state index in [2.05, 4.69) is 11.6 Å². The number of hydrogen-bond acceptors (Lipinski definition) is 2. The molecule has 0 rings (SSSR count). The molecule has 0 unspecified atom stereocenters. The van der Waals surface area contributed by atoms with Gasteiger partial charge in [0.05, 0.1) is 0 Å². The molecule has 0 aromatic carbocycles. The highest BCUT2D eigenvalue weighted by atomic mass is 35.5. The van der Waals surface area contributed by atoms with Gasteiger partial charge in [-0.2, -0.15) is 26.3 Å². The van der Waals surface area contributed by atoms with Gasteiger partial charge in [-0.3, -0.25) is 4.79 Å². The second-order valence-electron chi connectivity index (χ2n) is 2.98. The van der Waals surface area contributed by atoms with E-state index in [-0.39, 0.29) is 0 Å². The molecule has 0 saturated carbocycles. The smallest absolute Gasteiger partial charge is 0.303 e. The maximum Gasteiger partial charge on any atom is 0.404 e. The van der Waals surface area contributed by atoms with Crippen molar-refractivity contribution in [2.75, 3.05) is 0 Å². The summed E-state index contributed by atoms with van der Waals surface area (Å²) in [5.74, 6) is 0. The van der Waals surface area contributed by atoms with Crippen molar-refractivity contribution >= 4 is 23.1 Å². The largest absolute Gasteiger partial charge is 0.404 e. The number of carbonyl (C=O) groups excluding carboxylic acids is 2. The lowest BCUT2D eigenvalue weighted by molar-refractivity contribution is -0.339. The molecule has 0 spiro atoms. The summed E-state index contributed by atoms with van der Waals surface area (Å²) < 4.78 is 74.0. The fraction of sp³-hybridized carbons (Fsp3) is 0.714. The van der Waals surface area contributed by atoms with Gasteiger partial charge in [-0.1, -0.05) is 0 Å². The SMILES string of the molecule is O=CCC(CC(=O)Cl)(C(F)(F)F)C(F)(F)F. The number of carbonyl (C=O) groups is 2. The fourth-order valence-electron chi connectivity index (χ4n) is 1.04. The van der Waals surface area contributed by atoms with Crippen LogP contribution >= 0.6 is 11.6 Å². The molecular formula is C7H5ClF6O2. The highest BCUT2D eigenvalue weighted by Gasteiger charge is 2.70. The Bertz CT molecular complexity index is 268. The molecule has 0 atom stereocenters. The van der Waals surface area contributed by atoms with Crippen LogP contribution < -0.4 is 0 Å². The van der Waals surface area contributed by atoms with Crippen LogP contribution in [0.15, 0.2) is 0 Å². The molecule has 0 radical (unpaired) electrons. The van der Waals surface area contributed by atoms with Gasteiger partial charge in [0.1, 0.15) is 6.29 Å². The van der Waals surface area contributed by atoms with Crippen LogP contribution in [0.4, 0.5) is 26.3 Å². The Labute approximate surface area is 90.5 Å². The molecule has 0 aromatic rings. The molecule has 0 aliphatic heterocycles. The quantitative estimate of drug-likeness (QED) is 0.447. The highest BCUT2D eigenvalue weighted by molar-refractivity contribution is 6.63. The van der Waals surface area contributed by atoms with Gasteiger partial charge in [0, 0.05) is 12.8 Å². The Hall–Kier alpha value is -0.790. The summed E-state index contributed by atoms with van der Waals surface area (Å²) in [6.07, 6.45) is -16.0. The summed E-state index contributed by atoms with van der Waals surface area (Å²) in [5.41, 5.74) is -4.40. The third kappa shape index (κ3) is 2.87. The van der Waals surface area contributed by atoms with Gasteiger partial charge in [-0.25, -0.2) is 0 Å². The molecule has 0 aliphatic rings. The van der Waals surface area contributed by atoms with Gasteiger partial charge >= 0.3 is 12.4 Å². The third-order valence-corrected chi connectivity index (χ3v) is 2.09. The van der Waals surface area contributed by atoms with E-state index in [4.69, 9.17) is 0 Å². The maximum absolute atomic E-state index is 12.3. The van der Waals surface area contributed by atoms with Gasteiger partial charge in [0.15, 0.2) is 5.41 Å². The molecular weight excluding hydrogens is 266 g/mol. The first-order valence-electron chi connectivity index (χ1n) is 3.73. The van der Waals surface area contributed by atoms with Crippen LogP contribution in [0.3, 0.4) is 0 Å². The zero-order chi connectivity index (χ0) is 13.2. The topological polar surface area (TPSA) is 34.1 Å². The van der Waals surface area contributed by atoms with Crippen LogP contribution in [-0.4, -0.2) is 23.9 Å². The Morgan fingerprint density at radius 1 is 1.06 bits per heavy atom. The maximum atomic E-state index is 12.3. The van der Waals surface area contributed by atoms with Crippen LogP contribution in [0.5, 0.6) is 0 Å². The van der Waals surface area contributed by atoms with E-state index in [9.17, 15) is 35.9 Å². The van der Waals surface area contributed by atoms with Gasteiger partial charge in [0.2, 0.25) is 5.24 Å². The van der Waals surface area contributed by atoms with Crippen molar-refractivity contribution in [3.8, 4) is 0 Å². The highest BCUT2D eigenvalue weighted by Crippen LogP contribution is 2.54. The minimum Gasteiger partial charge on any atom is -0.303 e. The van der Waals surface area contributed by atoms with E-state index in [0.29, 0.717) is 0 Å². The average Bonchev–Trinajstić information content (AvgIpc) is 1.98. The molecule has 0 heterocycles. The van der Waals surface area contributed by atoms with Crippen LogP contribution in [0.2, 0.25) is 0 Å². The molecule has 0 aromatic heterocycles. The predicted octanol–water partition coefficient (Wildman–Crippen LogP) is 2.84. The molecule has 2 nitrogen and oxygen atoms in total. The lowest BCUT2D eigenvalue weighted by Crippen LogP contribution is -2.51. The zero-order valence-corrected chi connectivity index (χ0v) is 8.21. The molecule has 9 heteroatoms. The molecule has 0 aliphatic carbocycles. The van der Waals surface area contributed by atoms with E-state index in [1.54, 1.807) is 0 Å². The third-order valence-electron chi connectivity index (χ3n) is 1.96. The van der Waals surface area contributed by atoms with Gasteiger partial charge in [-0.15, -0.1) is 0 Å². The molecule has 16 heavy (non-hydrogen) atoms. The van der Waals surface area contributed by atoms with Crippen molar-refractivity contribution in [2.45, 2.75) is 25.2 Å². The van der Waals surface area contributed by atoms with Crippen molar-refractivity contribution in [3.05, 3.63) is 0 Å². The van der Waals surface area contributed by atoms with Crippen molar-refractivity contribution in [1.82, 2.24) is 0 Å².